The van der Waals surface area contributed by atoms with Crippen LogP contribution >= 0.6 is 0 Å². The van der Waals surface area contributed by atoms with Crippen LogP contribution in [-0.4, -0.2) is 29.7 Å². The molecule has 136 valence electrons. The summed E-state index contributed by atoms with van der Waals surface area (Å²) >= 11 is 0. The Kier molecular flexibility index (Phi) is 3.77. The quantitative estimate of drug-likeness (QED) is 0.676. The minimum Gasteiger partial charge on any atom is -0.393 e. The maximum Gasteiger partial charge on any atom is 0.163 e. The predicted octanol–water partition coefficient (Wildman–Crippen LogP) is 4.15. The lowest BCUT2D eigenvalue weighted by Crippen LogP contribution is -2.60. The molecule has 1 heterocycles. The number of allylic oxidation sites excluding steroid dienone is 1. The van der Waals surface area contributed by atoms with E-state index in [0.29, 0.717) is 23.7 Å². The van der Waals surface area contributed by atoms with Gasteiger partial charge in [-0.05, 0) is 62.2 Å². The standard InChI is InChI=1S/C21H34O3/c1-19(2)16-9-7-14-15(21(16,5)11-10-17(19)22)8-6-13-12-23-20(3,4)24-18(13)14/h7,9,13-18,22H,6,8,10-12H2,1-5H3/t13-,14+,15+,16+,17+,18+,21-/m1/s1. The van der Waals surface area contributed by atoms with E-state index < -0.39 is 5.79 Å². The molecule has 3 fully saturated rings. The molecule has 0 bridgehead atoms. The molecule has 1 saturated heterocycles. The molecule has 0 aromatic rings. The van der Waals surface area contributed by atoms with Gasteiger partial charge in [0.15, 0.2) is 5.79 Å². The van der Waals surface area contributed by atoms with E-state index in [1.54, 1.807) is 0 Å². The number of hydrogen-bond acceptors (Lipinski definition) is 3. The molecule has 7 atom stereocenters. The first kappa shape index (κ1) is 17.1. The highest BCUT2D eigenvalue weighted by Crippen LogP contribution is 2.62. The summed E-state index contributed by atoms with van der Waals surface area (Å²) < 4.78 is 12.3. The summed E-state index contributed by atoms with van der Waals surface area (Å²) in [5.74, 6) is 1.69. The highest BCUT2D eigenvalue weighted by atomic mass is 16.7. The van der Waals surface area contributed by atoms with E-state index >= 15 is 0 Å². The highest BCUT2D eigenvalue weighted by molar-refractivity contribution is 5.19. The average molecular weight is 335 g/mol. The van der Waals surface area contributed by atoms with Gasteiger partial charge in [-0.25, -0.2) is 0 Å². The lowest BCUT2D eigenvalue weighted by molar-refractivity contribution is -0.314. The van der Waals surface area contributed by atoms with Gasteiger partial charge in [0.05, 0.1) is 18.8 Å². The largest absolute Gasteiger partial charge is 0.393 e. The van der Waals surface area contributed by atoms with Gasteiger partial charge in [-0.3, -0.25) is 0 Å². The third-order valence-electron chi connectivity index (χ3n) is 7.92. The summed E-state index contributed by atoms with van der Waals surface area (Å²) in [5, 5.41) is 10.6. The fourth-order valence-corrected chi connectivity index (χ4v) is 6.48. The van der Waals surface area contributed by atoms with Crippen molar-refractivity contribution in [3.05, 3.63) is 12.2 Å². The number of fused-ring (bicyclic) bond motifs is 5. The van der Waals surface area contributed by atoms with Gasteiger partial charge in [-0.2, -0.15) is 0 Å². The van der Waals surface area contributed by atoms with E-state index in [-0.39, 0.29) is 23.0 Å². The van der Waals surface area contributed by atoms with Crippen LogP contribution in [0.5, 0.6) is 0 Å². The Morgan fingerprint density at radius 1 is 1.00 bits per heavy atom. The zero-order valence-corrected chi connectivity index (χ0v) is 15.9. The third kappa shape index (κ3) is 2.34. The van der Waals surface area contributed by atoms with Gasteiger partial charge in [-0.15, -0.1) is 0 Å². The molecular weight excluding hydrogens is 300 g/mol. The van der Waals surface area contributed by atoms with Crippen molar-refractivity contribution in [1.29, 1.82) is 0 Å². The third-order valence-corrected chi connectivity index (χ3v) is 7.92. The SMILES string of the molecule is CC1(C)OC[C@H]2CC[C@H]3[C@H](C=C[C@H]4C(C)(C)[C@@H](O)CC[C@]34C)[C@H]2O1. The Balaban J connectivity index is 1.69. The van der Waals surface area contributed by atoms with E-state index in [1.165, 1.54) is 12.8 Å². The van der Waals surface area contributed by atoms with Crippen LogP contribution in [0.4, 0.5) is 0 Å². The number of aliphatic hydroxyl groups excluding tert-OH is 1. The first-order valence-corrected chi connectivity index (χ1v) is 9.83. The molecule has 3 nitrogen and oxygen atoms in total. The minimum absolute atomic E-state index is 0.0406. The van der Waals surface area contributed by atoms with E-state index in [4.69, 9.17) is 9.47 Å². The second-order valence-electron chi connectivity index (χ2n) is 10.1. The van der Waals surface area contributed by atoms with E-state index in [2.05, 4.69) is 32.9 Å². The smallest absolute Gasteiger partial charge is 0.163 e. The van der Waals surface area contributed by atoms with Gasteiger partial charge < -0.3 is 14.6 Å². The van der Waals surface area contributed by atoms with Crippen LogP contribution in [0.1, 0.15) is 60.3 Å². The molecule has 0 spiro atoms. The normalized spacial score (nSPS) is 52.1. The molecule has 0 amide bonds. The first-order valence-electron chi connectivity index (χ1n) is 9.83. The summed E-state index contributed by atoms with van der Waals surface area (Å²) in [7, 11) is 0. The molecule has 0 aromatic heterocycles. The Bertz CT molecular complexity index is 537. The Morgan fingerprint density at radius 3 is 2.50 bits per heavy atom. The summed E-state index contributed by atoms with van der Waals surface area (Å²) in [5.41, 5.74) is 0.236. The molecule has 1 N–H and O–H groups in total. The number of rotatable bonds is 0. The lowest BCUT2D eigenvalue weighted by atomic mass is 9.45. The summed E-state index contributed by atoms with van der Waals surface area (Å²) in [6, 6.07) is 0. The van der Waals surface area contributed by atoms with Crippen molar-refractivity contribution in [2.45, 2.75) is 78.3 Å². The molecule has 0 unspecified atom stereocenters. The van der Waals surface area contributed by atoms with Gasteiger partial charge in [0.1, 0.15) is 0 Å². The van der Waals surface area contributed by atoms with Gasteiger partial charge in [0, 0.05) is 11.8 Å². The van der Waals surface area contributed by atoms with Crippen LogP contribution in [0, 0.1) is 34.5 Å². The molecule has 0 radical (unpaired) electrons. The molecule has 4 rings (SSSR count). The molecule has 24 heavy (non-hydrogen) atoms. The van der Waals surface area contributed by atoms with Crippen molar-refractivity contribution in [2.75, 3.05) is 6.61 Å². The van der Waals surface area contributed by atoms with Gasteiger partial charge >= 0.3 is 0 Å². The van der Waals surface area contributed by atoms with Crippen LogP contribution in [0.25, 0.3) is 0 Å². The summed E-state index contributed by atoms with van der Waals surface area (Å²) in [6.07, 6.45) is 9.50. The number of ether oxygens (including phenoxy) is 2. The van der Waals surface area contributed by atoms with Crippen LogP contribution in [0.2, 0.25) is 0 Å². The maximum atomic E-state index is 10.6. The maximum absolute atomic E-state index is 10.6. The molecule has 3 aliphatic carbocycles. The molecule has 4 aliphatic rings. The molecule has 2 saturated carbocycles. The van der Waals surface area contributed by atoms with Crippen LogP contribution in [-0.2, 0) is 9.47 Å². The van der Waals surface area contributed by atoms with Crippen molar-refractivity contribution in [3.8, 4) is 0 Å². The van der Waals surface area contributed by atoms with Crippen molar-refractivity contribution >= 4 is 0 Å². The van der Waals surface area contributed by atoms with Gasteiger partial charge in [-0.1, -0.05) is 32.9 Å². The van der Waals surface area contributed by atoms with Crippen LogP contribution < -0.4 is 0 Å². The Labute approximate surface area is 146 Å². The predicted molar refractivity (Wildman–Crippen MR) is 94.4 cm³/mol. The van der Waals surface area contributed by atoms with Crippen molar-refractivity contribution in [3.63, 3.8) is 0 Å². The second kappa shape index (κ2) is 5.31. The zero-order chi connectivity index (χ0) is 17.3. The zero-order valence-electron chi connectivity index (χ0n) is 15.9. The fourth-order valence-electron chi connectivity index (χ4n) is 6.48. The van der Waals surface area contributed by atoms with Gasteiger partial charge in [0.2, 0.25) is 0 Å². The van der Waals surface area contributed by atoms with Crippen LogP contribution in [0.15, 0.2) is 12.2 Å². The minimum atomic E-state index is -0.462. The van der Waals surface area contributed by atoms with Crippen molar-refractivity contribution in [2.24, 2.45) is 34.5 Å². The van der Waals surface area contributed by atoms with E-state index in [9.17, 15) is 5.11 Å². The van der Waals surface area contributed by atoms with Gasteiger partial charge in [0.25, 0.3) is 0 Å². The Morgan fingerprint density at radius 2 is 1.75 bits per heavy atom. The first-order chi connectivity index (χ1) is 11.2. The average Bonchev–Trinajstić information content (AvgIpc) is 2.50. The summed E-state index contributed by atoms with van der Waals surface area (Å²) in [4.78, 5) is 0. The van der Waals surface area contributed by atoms with Crippen LogP contribution in [0.3, 0.4) is 0 Å². The molecule has 3 heteroatoms. The second-order valence-corrected chi connectivity index (χ2v) is 10.1. The number of hydrogen-bond donors (Lipinski definition) is 1. The summed E-state index contributed by atoms with van der Waals surface area (Å²) in [6.45, 7) is 11.9. The Hall–Kier alpha value is -0.380. The topological polar surface area (TPSA) is 38.7 Å². The number of aliphatic hydroxyl groups is 1. The van der Waals surface area contributed by atoms with Crippen molar-refractivity contribution < 1.29 is 14.6 Å². The highest BCUT2D eigenvalue weighted by Gasteiger charge is 2.59. The van der Waals surface area contributed by atoms with E-state index in [0.717, 1.165) is 19.4 Å². The fraction of sp³-hybridized carbons (Fsp3) is 0.905. The molecule has 0 aromatic carbocycles. The molecule has 1 aliphatic heterocycles. The van der Waals surface area contributed by atoms with E-state index in [1.807, 2.05) is 13.8 Å². The lowest BCUT2D eigenvalue weighted by Gasteiger charge is -2.62. The molecular formula is C21H34O3. The van der Waals surface area contributed by atoms with Crippen molar-refractivity contribution in [1.82, 2.24) is 0 Å². The monoisotopic (exact) mass is 334 g/mol.